The number of carbonyl (C=O) groups excluding carboxylic acids is 2. The van der Waals surface area contributed by atoms with E-state index in [4.69, 9.17) is 23.4 Å². The molecule has 0 bridgehead atoms. The number of rotatable bonds is 9. The molecule has 5 rings (SSSR count). The molecule has 9 nitrogen and oxygen atoms in total. The van der Waals surface area contributed by atoms with Gasteiger partial charge >= 0.3 is 12.1 Å². The molecule has 1 aliphatic rings. The van der Waals surface area contributed by atoms with Gasteiger partial charge in [-0.25, -0.2) is 9.59 Å². The van der Waals surface area contributed by atoms with Crippen molar-refractivity contribution in [2.75, 3.05) is 25.2 Å². The molecule has 2 heterocycles. The number of esters is 1. The van der Waals surface area contributed by atoms with Crippen LogP contribution in [0.15, 0.2) is 75.9 Å². The third-order valence-corrected chi connectivity index (χ3v) is 7.13. The van der Waals surface area contributed by atoms with E-state index in [-0.39, 0.29) is 23.4 Å². The second-order valence-corrected chi connectivity index (χ2v) is 10.3. The quantitative estimate of drug-likeness (QED) is 0.204. The zero-order valence-electron chi connectivity index (χ0n) is 22.6. The molecule has 10 heteroatoms. The summed E-state index contributed by atoms with van der Waals surface area (Å²) < 4.78 is 28.1. The van der Waals surface area contributed by atoms with Crippen LogP contribution >= 0.6 is 11.8 Å². The van der Waals surface area contributed by atoms with Gasteiger partial charge in [-0.3, -0.25) is 4.79 Å². The van der Waals surface area contributed by atoms with E-state index in [9.17, 15) is 14.4 Å². The number of nitrogens with one attached hydrogen (secondary N) is 1. The van der Waals surface area contributed by atoms with Gasteiger partial charge in [0, 0.05) is 6.07 Å². The maximum absolute atomic E-state index is 13.5. The van der Waals surface area contributed by atoms with Crippen LogP contribution in [-0.2, 0) is 16.1 Å². The Morgan fingerprint density at radius 3 is 2.56 bits per heavy atom. The number of thioether (sulfide) groups is 1. The van der Waals surface area contributed by atoms with Gasteiger partial charge in [-0.2, -0.15) is 11.8 Å². The summed E-state index contributed by atoms with van der Waals surface area (Å²) in [5.74, 6) is 1.76. The summed E-state index contributed by atoms with van der Waals surface area (Å²) in [4.78, 5) is 38.9. The minimum atomic E-state index is -0.923. The first kappa shape index (κ1) is 28.1. The van der Waals surface area contributed by atoms with E-state index in [0.717, 1.165) is 5.56 Å². The Morgan fingerprint density at radius 1 is 1.00 bits per heavy atom. The van der Waals surface area contributed by atoms with Crippen LogP contribution in [0.5, 0.6) is 17.2 Å². The topological polar surface area (TPSA) is 113 Å². The molecule has 0 spiro atoms. The van der Waals surface area contributed by atoms with E-state index >= 15 is 0 Å². The molecule has 1 aliphatic heterocycles. The third kappa shape index (κ3) is 6.66. The molecule has 1 N–H and O–H groups in total. The van der Waals surface area contributed by atoms with Crippen molar-refractivity contribution in [1.29, 1.82) is 0 Å². The van der Waals surface area contributed by atoms with E-state index in [0.29, 0.717) is 59.2 Å². The highest BCUT2D eigenvalue weighted by molar-refractivity contribution is 7.98. The van der Waals surface area contributed by atoms with Crippen molar-refractivity contribution in [2.24, 2.45) is 0 Å². The minimum absolute atomic E-state index is 0.0777. The average Bonchev–Trinajstić information content (AvgIpc) is 2.98. The Labute approximate surface area is 240 Å². The van der Waals surface area contributed by atoms with Crippen LogP contribution in [0.2, 0.25) is 0 Å². The zero-order chi connectivity index (χ0) is 28.8. The average molecular weight is 576 g/mol. The number of benzene rings is 3. The molecule has 1 amide bonds. The smallest absolute Gasteiger partial charge is 0.408 e. The van der Waals surface area contributed by atoms with E-state index in [2.05, 4.69) is 5.32 Å². The van der Waals surface area contributed by atoms with Crippen molar-refractivity contribution >= 4 is 34.8 Å². The summed E-state index contributed by atoms with van der Waals surface area (Å²) in [5, 5.41) is 2.94. The van der Waals surface area contributed by atoms with Gasteiger partial charge in [-0.1, -0.05) is 36.4 Å². The number of hydrogen-bond acceptors (Lipinski definition) is 9. The molecule has 1 aromatic heterocycles. The van der Waals surface area contributed by atoms with Crippen LogP contribution in [0.3, 0.4) is 0 Å². The number of amides is 1. The first-order chi connectivity index (χ1) is 19.9. The molecule has 0 radical (unpaired) electrons. The van der Waals surface area contributed by atoms with Gasteiger partial charge in [0.25, 0.3) is 0 Å². The van der Waals surface area contributed by atoms with Crippen molar-refractivity contribution in [3.05, 3.63) is 88.3 Å². The highest BCUT2D eigenvalue weighted by atomic mass is 32.2. The van der Waals surface area contributed by atoms with Gasteiger partial charge in [-0.05, 0) is 60.7 Å². The van der Waals surface area contributed by atoms with E-state index in [1.807, 2.05) is 36.6 Å². The van der Waals surface area contributed by atoms with Crippen LogP contribution in [0.25, 0.3) is 22.1 Å². The maximum atomic E-state index is 13.5. The van der Waals surface area contributed by atoms with Crippen LogP contribution in [0.4, 0.5) is 4.79 Å². The fraction of sp³-hybridized carbons (Fsp3) is 0.258. The fourth-order valence-corrected chi connectivity index (χ4v) is 4.93. The van der Waals surface area contributed by atoms with Crippen molar-refractivity contribution in [1.82, 2.24) is 5.32 Å². The lowest BCUT2D eigenvalue weighted by atomic mass is 10.0. The predicted molar refractivity (Wildman–Crippen MR) is 156 cm³/mol. The number of aryl methyl sites for hydroxylation is 1. The second kappa shape index (κ2) is 12.8. The van der Waals surface area contributed by atoms with Crippen molar-refractivity contribution < 1.29 is 33.0 Å². The van der Waals surface area contributed by atoms with Gasteiger partial charge in [-0.15, -0.1) is 0 Å². The summed E-state index contributed by atoms with van der Waals surface area (Å²) >= 11 is 1.54. The molecule has 0 aliphatic carbocycles. The number of carbonyl (C=O) groups is 2. The summed E-state index contributed by atoms with van der Waals surface area (Å²) in [7, 11) is 0. The minimum Gasteiger partial charge on any atom is -0.486 e. The fourth-order valence-electron chi connectivity index (χ4n) is 4.46. The summed E-state index contributed by atoms with van der Waals surface area (Å²) in [6, 6.07) is 18.2. The SMILES string of the molecule is CSCCC(NC(=O)OCc1ccccc1)C(=O)Oc1ccc2c(=O)c(-c3ccc4c(c3)OCCO4)c(C)oc2c1. The summed E-state index contributed by atoms with van der Waals surface area (Å²) in [6.07, 6.45) is 1.54. The number of ether oxygens (including phenoxy) is 4. The molecule has 0 saturated heterocycles. The molecule has 0 saturated carbocycles. The Bertz CT molecular complexity index is 1620. The van der Waals surface area contributed by atoms with Gasteiger partial charge in [0.1, 0.15) is 43.0 Å². The molecule has 41 heavy (non-hydrogen) atoms. The highest BCUT2D eigenvalue weighted by Gasteiger charge is 2.24. The molecule has 1 atom stereocenters. The van der Waals surface area contributed by atoms with E-state index in [1.165, 1.54) is 23.9 Å². The van der Waals surface area contributed by atoms with Gasteiger partial charge in [0.15, 0.2) is 11.5 Å². The van der Waals surface area contributed by atoms with Gasteiger partial charge in [0.05, 0.1) is 10.9 Å². The Hall–Kier alpha value is -4.44. The van der Waals surface area contributed by atoms with Crippen LogP contribution in [-0.4, -0.2) is 43.3 Å². The third-order valence-electron chi connectivity index (χ3n) is 6.49. The Balaban J connectivity index is 1.32. The lowest BCUT2D eigenvalue weighted by Crippen LogP contribution is -2.43. The van der Waals surface area contributed by atoms with Crippen molar-refractivity contribution in [3.63, 3.8) is 0 Å². The standard InChI is InChI=1S/C31H29NO8S/c1-19-28(21-8-11-25-27(16-21)37-14-13-36-25)29(33)23-10-9-22(17-26(23)39-19)40-30(34)24(12-15-41-2)32-31(35)38-18-20-6-4-3-5-7-20/h3-11,16-17,24H,12-15,18H2,1-2H3,(H,32,35). The summed E-state index contributed by atoms with van der Waals surface area (Å²) in [5.41, 5.74) is 1.94. The molecule has 0 fully saturated rings. The highest BCUT2D eigenvalue weighted by Crippen LogP contribution is 2.35. The van der Waals surface area contributed by atoms with Crippen LogP contribution < -0.4 is 25.0 Å². The lowest BCUT2D eigenvalue weighted by molar-refractivity contribution is -0.136. The Kier molecular flexibility index (Phi) is 8.79. The molecule has 1 unspecified atom stereocenters. The monoisotopic (exact) mass is 575 g/mol. The van der Waals surface area contributed by atoms with Crippen molar-refractivity contribution in [2.45, 2.75) is 26.0 Å². The first-order valence-electron chi connectivity index (χ1n) is 13.1. The largest absolute Gasteiger partial charge is 0.486 e. The van der Waals surface area contributed by atoms with Gasteiger partial charge in [0.2, 0.25) is 5.43 Å². The lowest BCUT2D eigenvalue weighted by Gasteiger charge is -2.19. The molecule has 3 aromatic carbocycles. The molecular weight excluding hydrogens is 546 g/mol. The van der Waals surface area contributed by atoms with E-state index in [1.54, 1.807) is 31.2 Å². The van der Waals surface area contributed by atoms with Crippen molar-refractivity contribution in [3.8, 4) is 28.4 Å². The molecule has 212 valence electrons. The maximum Gasteiger partial charge on any atom is 0.408 e. The van der Waals surface area contributed by atoms with E-state index < -0.39 is 18.1 Å². The first-order valence-corrected chi connectivity index (χ1v) is 14.5. The predicted octanol–water partition coefficient (Wildman–Crippen LogP) is 5.49. The number of hydrogen-bond donors (Lipinski definition) is 1. The normalized spacial score (nSPS) is 12.9. The summed E-state index contributed by atoms with van der Waals surface area (Å²) in [6.45, 7) is 2.69. The molecular formula is C31H29NO8S. The van der Waals surface area contributed by atoms with Crippen LogP contribution in [0.1, 0.15) is 17.7 Å². The number of alkyl carbamates (subject to hydrolysis) is 1. The number of fused-ring (bicyclic) bond motifs is 2. The van der Waals surface area contributed by atoms with Gasteiger partial charge < -0.3 is 28.7 Å². The zero-order valence-corrected chi connectivity index (χ0v) is 23.5. The van der Waals surface area contributed by atoms with Crippen LogP contribution in [0, 0.1) is 6.92 Å². The molecule has 4 aromatic rings. The Morgan fingerprint density at radius 2 is 1.78 bits per heavy atom. The second-order valence-electron chi connectivity index (χ2n) is 9.34.